The van der Waals surface area contributed by atoms with Crippen molar-refractivity contribution in [2.75, 3.05) is 10.2 Å². The number of carbonyl (C=O) groups is 2. The van der Waals surface area contributed by atoms with E-state index in [4.69, 9.17) is 0 Å². The van der Waals surface area contributed by atoms with E-state index in [9.17, 15) is 9.59 Å². The van der Waals surface area contributed by atoms with Gasteiger partial charge in [0.25, 0.3) is 0 Å². The van der Waals surface area contributed by atoms with Gasteiger partial charge in [-0.15, -0.1) is 0 Å². The summed E-state index contributed by atoms with van der Waals surface area (Å²) in [4.78, 5) is 28.3. The Labute approximate surface area is 161 Å². The zero-order chi connectivity index (χ0) is 19.8. The number of amides is 2. The van der Waals surface area contributed by atoms with Gasteiger partial charge in [-0.25, -0.2) is 0 Å². The number of hydrogen-bond acceptors (Lipinski definition) is 2. The Morgan fingerprint density at radius 3 is 2.56 bits per heavy atom. The van der Waals surface area contributed by atoms with Crippen LogP contribution >= 0.6 is 0 Å². The first-order chi connectivity index (χ1) is 12.8. The van der Waals surface area contributed by atoms with Gasteiger partial charge in [0.2, 0.25) is 11.8 Å². The van der Waals surface area contributed by atoms with Crippen molar-refractivity contribution in [1.82, 2.24) is 0 Å². The predicted molar refractivity (Wildman–Crippen MR) is 110 cm³/mol. The number of para-hydroxylation sites is 2. The summed E-state index contributed by atoms with van der Waals surface area (Å²) in [5, 5.41) is 3.03. The molecule has 2 amide bonds. The fourth-order valence-electron chi connectivity index (χ4n) is 3.75. The first-order valence-corrected chi connectivity index (χ1v) is 9.58. The minimum absolute atomic E-state index is 0.0478. The van der Waals surface area contributed by atoms with Crippen molar-refractivity contribution in [3.63, 3.8) is 0 Å². The molecule has 0 aliphatic carbocycles. The van der Waals surface area contributed by atoms with Crippen LogP contribution in [0.15, 0.2) is 42.5 Å². The summed E-state index contributed by atoms with van der Waals surface area (Å²) in [6.45, 7) is 9.48. The van der Waals surface area contributed by atoms with Gasteiger partial charge >= 0.3 is 0 Å². The molecule has 0 spiro atoms. The van der Waals surface area contributed by atoms with Gasteiger partial charge in [0.1, 0.15) is 5.41 Å². The maximum absolute atomic E-state index is 13.4. The highest BCUT2D eigenvalue weighted by Crippen LogP contribution is 2.36. The summed E-state index contributed by atoms with van der Waals surface area (Å²) in [5.74, 6) is -0.433. The van der Waals surface area contributed by atoms with Crippen LogP contribution in [0.3, 0.4) is 0 Å². The van der Waals surface area contributed by atoms with E-state index in [1.807, 2.05) is 56.3 Å². The maximum Gasteiger partial charge on any atom is 0.242 e. The van der Waals surface area contributed by atoms with Crippen molar-refractivity contribution < 1.29 is 9.59 Å². The third kappa shape index (κ3) is 3.36. The van der Waals surface area contributed by atoms with Crippen molar-refractivity contribution in [3.05, 3.63) is 59.2 Å². The summed E-state index contributed by atoms with van der Waals surface area (Å²) in [6.07, 6.45) is 1.64. The monoisotopic (exact) mass is 364 g/mol. The van der Waals surface area contributed by atoms with Crippen LogP contribution in [-0.2, 0) is 22.4 Å². The molecule has 0 bridgehead atoms. The van der Waals surface area contributed by atoms with Crippen molar-refractivity contribution in [3.8, 4) is 0 Å². The van der Waals surface area contributed by atoms with Crippen molar-refractivity contribution in [1.29, 1.82) is 0 Å². The van der Waals surface area contributed by atoms with Crippen molar-refractivity contribution in [2.24, 2.45) is 5.41 Å². The van der Waals surface area contributed by atoms with Crippen molar-refractivity contribution >= 4 is 23.2 Å². The highest BCUT2D eigenvalue weighted by Gasteiger charge is 2.43. The number of nitrogens with one attached hydrogen (secondary N) is 1. The van der Waals surface area contributed by atoms with Gasteiger partial charge in [0.05, 0.1) is 0 Å². The van der Waals surface area contributed by atoms with Crippen LogP contribution in [-0.4, -0.2) is 17.9 Å². The number of benzene rings is 2. The van der Waals surface area contributed by atoms with E-state index < -0.39 is 5.41 Å². The van der Waals surface area contributed by atoms with E-state index in [2.05, 4.69) is 12.2 Å². The van der Waals surface area contributed by atoms with E-state index in [1.54, 1.807) is 18.7 Å². The molecule has 1 N–H and O–H groups in total. The minimum atomic E-state index is -1.17. The molecule has 0 radical (unpaired) electrons. The number of carbonyl (C=O) groups excluding carboxylic acids is 2. The molecule has 1 aliphatic heterocycles. The zero-order valence-electron chi connectivity index (χ0n) is 16.8. The fraction of sp³-hybridized carbons (Fsp3) is 0.391. The molecule has 1 unspecified atom stereocenters. The SMILES string of the molecule is CCc1cccc(C)c1NC(=O)C(C)(C)C(=O)N1c2ccccc2CC1C. The van der Waals surface area contributed by atoms with E-state index in [0.29, 0.717) is 0 Å². The number of fused-ring (bicyclic) bond motifs is 1. The molecule has 0 aromatic heterocycles. The van der Waals surface area contributed by atoms with E-state index in [1.165, 1.54) is 0 Å². The molecular formula is C23H28N2O2. The standard InChI is InChI=1S/C23H28N2O2/c1-6-17-12-9-10-15(2)20(17)24-21(26)23(4,5)22(27)25-16(3)14-18-11-7-8-13-19(18)25/h7-13,16H,6,14H2,1-5H3,(H,24,26). The molecule has 2 aromatic rings. The molecule has 0 saturated carbocycles. The fourth-order valence-corrected chi connectivity index (χ4v) is 3.75. The summed E-state index contributed by atoms with van der Waals surface area (Å²) < 4.78 is 0. The van der Waals surface area contributed by atoms with Crippen LogP contribution in [0.4, 0.5) is 11.4 Å². The van der Waals surface area contributed by atoms with Gasteiger partial charge in [0, 0.05) is 17.4 Å². The molecule has 4 heteroatoms. The van der Waals surface area contributed by atoms with Gasteiger partial charge in [-0.2, -0.15) is 0 Å². The molecule has 142 valence electrons. The van der Waals surface area contributed by atoms with Crippen molar-refractivity contribution in [2.45, 2.75) is 53.5 Å². The van der Waals surface area contributed by atoms with E-state index in [0.717, 1.165) is 40.9 Å². The molecule has 27 heavy (non-hydrogen) atoms. The van der Waals surface area contributed by atoms with Gasteiger partial charge in [-0.05, 0) is 63.3 Å². The highest BCUT2D eigenvalue weighted by molar-refractivity contribution is 6.15. The molecule has 3 rings (SSSR count). The van der Waals surface area contributed by atoms with Crippen LogP contribution in [0.2, 0.25) is 0 Å². The number of anilines is 2. The lowest BCUT2D eigenvalue weighted by Crippen LogP contribution is -2.49. The average molecular weight is 364 g/mol. The molecule has 4 nitrogen and oxygen atoms in total. The van der Waals surface area contributed by atoms with Gasteiger partial charge in [-0.3, -0.25) is 9.59 Å². The molecule has 1 aliphatic rings. The Bertz CT molecular complexity index is 886. The largest absolute Gasteiger partial charge is 0.325 e. The number of rotatable bonds is 4. The van der Waals surface area contributed by atoms with Crippen LogP contribution in [0, 0.1) is 12.3 Å². The number of nitrogens with zero attached hydrogens (tertiary/aromatic N) is 1. The zero-order valence-corrected chi connectivity index (χ0v) is 16.8. The van der Waals surface area contributed by atoms with Crippen LogP contribution in [0.25, 0.3) is 0 Å². The summed E-state index contributed by atoms with van der Waals surface area (Å²) in [7, 11) is 0. The third-order valence-corrected chi connectivity index (χ3v) is 5.51. The lowest BCUT2D eigenvalue weighted by Gasteiger charge is -2.32. The number of hydrogen-bond donors (Lipinski definition) is 1. The predicted octanol–water partition coefficient (Wildman–Crippen LogP) is 4.50. The molecular weight excluding hydrogens is 336 g/mol. The van der Waals surface area contributed by atoms with Crippen LogP contribution in [0.1, 0.15) is 44.4 Å². The van der Waals surface area contributed by atoms with E-state index >= 15 is 0 Å². The van der Waals surface area contributed by atoms with E-state index in [-0.39, 0.29) is 17.9 Å². The summed E-state index contributed by atoms with van der Waals surface area (Å²) >= 11 is 0. The van der Waals surface area contributed by atoms with Gasteiger partial charge < -0.3 is 10.2 Å². The Kier molecular flexibility index (Phi) is 5.09. The smallest absolute Gasteiger partial charge is 0.242 e. The maximum atomic E-state index is 13.4. The molecule has 0 saturated heterocycles. The highest BCUT2D eigenvalue weighted by atomic mass is 16.2. The summed E-state index contributed by atoms with van der Waals surface area (Å²) in [5.41, 5.74) is 3.81. The second-order valence-electron chi connectivity index (χ2n) is 7.90. The third-order valence-electron chi connectivity index (χ3n) is 5.51. The second kappa shape index (κ2) is 7.18. The molecule has 2 aromatic carbocycles. The van der Waals surface area contributed by atoms with Gasteiger partial charge in [-0.1, -0.05) is 43.3 Å². The lowest BCUT2D eigenvalue weighted by molar-refractivity contribution is -0.136. The first-order valence-electron chi connectivity index (χ1n) is 9.58. The van der Waals surface area contributed by atoms with Gasteiger partial charge in [0.15, 0.2) is 0 Å². The van der Waals surface area contributed by atoms with Crippen LogP contribution in [0.5, 0.6) is 0 Å². The Balaban J connectivity index is 1.88. The van der Waals surface area contributed by atoms with Crippen LogP contribution < -0.4 is 10.2 Å². The average Bonchev–Trinajstić information content (AvgIpc) is 2.98. The molecule has 1 atom stereocenters. The topological polar surface area (TPSA) is 49.4 Å². The summed E-state index contributed by atoms with van der Waals surface area (Å²) in [6, 6.07) is 14.0. The number of aryl methyl sites for hydroxylation is 2. The minimum Gasteiger partial charge on any atom is -0.325 e. The second-order valence-corrected chi connectivity index (χ2v) is 7.90. The quantitative estimate of drug-likeness (QED) is 0.812. The lowest BCUT2D eigenvalue weighted by atomic mass is 9.89. The molecule has 0 fully saturated rings. The Hall–Kier alpha value is -2.62. The normalized spacial score (nSPS) is 16.2. The molecule has 1 heterocycles. The Morgan fingerprint density at radius 2 is 1.85 bits per heavy atom. The first kappa shape index (κ1) is 19.2. The Morgan fingerprint density at radius 1 is 1.15 bits per heavy atom.